The number of ether oxygens (including phenoxy) is 1. The molecular weight excluding hydrogens is 607 g/mol. The Morgan fingerprint density at radius 2 is 1.83 bits per heavy atom. The zero-order chi connectivity index (χ0) is 33.0. The van der Waals surface area contributed by atoms with Crippen LogP contribution in [0, 0.1) is 11.2 Å². The Kier molecular flexibility index (Phi) is 7.75. The van der Waals surface area contributed by atoms with Gasteiger partial charge in [-0.15, -0.1) is 0 Å². The Morgan fingerprint density at radius 1 is 1.02 bits per heavy atom. The van der Waals surface area contributed by atoms with Crippen molar-refractivity contribution in [3.8, 4) is 0 Å². The highest BCUT2D eigenvalue weighted by Gasteiger charge is 2.50. The molecule has 10 nitrogen and oxygen atoms in total. The van der Waals surface area contributed by atoms with Crippen LogP contribution in [-0.2, 0) is 17.6 Å². The van der Waals surface area contributed by atoms with E-state index >= 15 is 4.39 Å². The molecule has 252 valence electrons. The first-order chi connectivity index (χ1) is 23.2. The summed E-state index contributed by atoms with van der Waals surface area (Å²) in [6, 6.07) is 9.30. The molecule has 1 N–H and O–H groups in total. The molecule has 0 radical (unpaired) electrons. The van der Waals surface area contributed by atoms with Crippen molar-refractivity contribution in [2.75, 3.05) is 29.4 Å². The van der Waals surface area contributed by atoms with E-state index in [0.717, 1.165) is 97.9 Å². The molecule has 0 unspecified atom stereocenters. The third kappa shape index (κ3) is 5.54. The fraction of sp³-hybridized carbons (Fsp3) is 0.541. The van der Waals surface area contributed by atoms with Gasteiger partial charge in [0.2, 0.25) is 0 Å². The molecule has 11 heteroatoms. The van der Waals surface area contributed by atoms with Gasteiger partial charge < -0.3 is 19.9 Å². The van der Waals surface area contributed by atoms with Gasteiger partial charge in [0.15, 0.2) is 17.0 Å². The van der Waals surface area contributed by atoms with Crippen LogP contribution in [0.2, 0.25) is 0 Å². The number of carbonyl (C=O) groups excluding carboxylic acids is 1. The van der Waals surface area contributed by atoms with E-state index in [1.165, 1.54) is 25.3 Å². The number of alkyl carbamates (subject to hydrolysis) is 1. The number of hydrogen-bond donors (Lipinski definition) is 1. The maximum Gasteiger partial charge on any atom is 0.408 e. The Morgan fingerprint density at radius 3 is 2.62 bits per heavy atom. The molecule has 3 aromatic heterocycles. The summed E-state index contributed by atoms with van der Waals surface area (Å²) in [5.74, 6) is 1.49. The fourth-order valence-corrected chi connectivity index (χ4v) is 8.53. The van der Waals surface area contributed by atoms with Crippen molar-refractivity contribution in [2.45, 2.75) is 103 Å². The number of carbonyl (C=O) groups is 1. The summed E-state index contributed by atoms with van der Waals surface area (Å²) >= 11 is 0. The van der Waals surface area contributed by atoms with E-state index in [2.05, 4.69) is 30.8 Å². The van der Waals surface area contributed by atoms with E-state index < -0.39 is 11.7 Å². The van der Waals surface area contributed by atoms with Crippen molar-refractivity contribution < 1.29 is 13.9 Å². The van der Waals surface area contributed by atoms with Gasteiger partial charge in [-0.25, -0.2) is 23.8 Å². The minimum Gasteiger partial charge on any atom is -0.444 e. The van der Waals surface area contributed by atoms with E-state index in [9.17, 15) is 4.79 Å². The van der Waals surface area contributed by atoms with Crippen LogP contribution in [0.25, 0.3) is 11.2 Å². The molecule has 5 heterocycles. The fourth-order valence-electron chi connectivity index (χ4n) is 8.53. The number of halogens is 1. The average Bonchev–Trinajstić information content (AvgIpc) is 3.60. The number of nitrogens with zero attached hydrogens (tertiary/aromatic N) is 7. The van der Waals surface area contributed by atoms with E-state index in [1.54, 1.807) is 6.07 Å². The topological polar surface area (TPSA) is 101 Å². The first kappa shape index (κ1) is 31.0. The predicted octanol–water partition coefficient (Wildman–Crippen LogP) is 7.36. The van der Waals surface area contributed by atoms with Gasteiger partial charge in [0, 0.05) is 31.2 Å². The number of piperidine rings is 1. The first-order valence-electron chi connectivity index (χ1n) is 17.7. The molecule has 1 saturated heterocycles. The number of nitrogens with one attached hydrogen (secondary N) is 1. The molecule has 1 atom stereocenters. The predicted molar refractivity (Wildman–Crippen MR) is 183 cm³/mol. The van der Waals surface area contributed by atoms with Gasteiger partial charge in [-0.05, 0) is 95.0 Å². The van der Waals surface area contributed by atoms with Gasteiger partial charge in [0.25, 0.3) is 0 Å². The third-order valence-electron chi connectivity index (χ3n) is 10.9. The van der Waals surface area contributed by atoms with E-state index in [-0.39, 0.29) is 17.3 Å². The molecule has 2 fully saturated rings. The second-order valence-corrected chi connectivity index (χ2v) is 15.1. The minimum atomic E-state index is -0.625. The Labute approximate surface area is 281 Å². The summed E-state index contributed by atoms with van der Waals surface area (Å²) in [5, 5.41) is 8.41. The van der Waals surface area contributed by atoms with Crippen LogP contribution < -0.4 is 15.1 Å². The number of amides is 1. The summed E-state index contributed by atoms with van der Waals surface area (Å²) in [6.07, 6.45) is 13.2. The Bertz CT molecular complexity index is 1840. The number of aryl methyl sites for hydroxylation is 1. The summed E-state index contributed by atoms with van der Waals surface area (Å²) in [5.41, 5.74) is 4.49. The van der Waals surface area contributed by atoms with Crippen molar-refractivity contribution in [3.05, 3.63) is 65.4 Å². The van der Waals surface area contributed by atoms with Crippen molar-refractivity contribution in [1.29, 1.82) is 0 Å². The highest BCUT2D eigenvalue weighted by atomic mass is 19.1. The number of fused-ring (bicyclic) bond motifs is 3. The Hall–Kier alpha value is -4.28. The number of pyridine rings is 1. The van der Waals surface area contributed by atoms with Gasteiger partial charge in [-0.1, -0.05) is 31.4 Å². The summed E-state index contributed by atoms with van der Waals surface area (Å²) in [4.78, 5) is 32.6. The van der Waals surface area contributed by atoms with Gasteiger partial charge >= 0.3 is 6.09 Å². The molecule has 1 saturated carbocycles. The smallest absolute Gasteiger partial charge is 0.408 e. The second-order valence-electron chi connectivity index (χ2n) is 15.1. The highest BCUT2D eigenvalue weighted by Crippen LogP contribution is 2.53. The van der Waals surface area contributed by atoms with E-state index in [1.807, 2.05) is 45.3 Å². The van der Waals surface area contributed by atoms with Crippen molar-refractivity contribution in [2.24, 2.45) is 5.41 Å². The van der Waals surface area contributed by atoms with Crippen LogP contribution in [0.4, 0.5) is 26.5 Å². The standard InChI is InChI=1S/C37H45FN8O2/c1-36(2,3)48-35(47)42-32-25-12-7-13-27(38)26(25)22-37(32)16-20-44(21-17-37)30-23-40-31-33(41-30)46(24-10-5-4-6-11-24)43-34(31)45-19-9-14-28-29(45)15-8-18-39-28/h7-8,12-13,15,18,23-24,32H,4-6,9-11,14,16-17,19-22H2,1-3H3,(H,42,47)/t32-/m1/s1. The lowest BCUT2D eigenvalue weighted by atomic mass is 9.72. The van der Waals surface area contributed by atoms with Crippen LogP contribution in [0.3, 0.4) is 0 Å². The molecule has 2 aliphatic carbocycles. The van der Waals surface area contributed by atoms with Crippen LogP contribution in [0.1, 0.15) is 101 Å². The molecule has 1 amide bonds. The maximum absolute atomic E-state index is 15.1. The summed E-state index contributed by atoms with van der Waals surface area (Å²) in [7, 11) is 0. The van der Waals surface area contributed by atoms with E-state index in [4.69, 9.17) is 19.8 Å². The van der Waals surface area contributed by atoms with Gasteiger partial charge in [-0.3, -0.25) is 4.98 Å². The molecule has 1 spiro atoms. The molecule has 1 aromatic carbocycles. The number of aromatic nitrogens is 5. The van der Waals surface area contributed by atoms with Crippen LogP contribution >= 0.6 is 0 Å². The van der Waals surface area contributed by atoms with Gasteiger partial charge in [-0.2, -0.15) is 5.10 Å². The SMILES string of the molecule is CC(C)(C)OC(=O)N[C@@H]1c2cccc(F)c2CC12CCN(c1cnc3c(N4CCCc5ncccc54)nn(C4CCCCC4)c3n1)CC2. The summed E-state index contributed by atoms with van der Waals surface area (Å²) < 4.78 is 22.9. The lowest BCUT2D eigenvalue weighted by Crippen LogP contribution is -2.48. The molecule has 8 rings (SSSR count). The lowest BCUT2D eigenvalue weighted by molar-refractivity contribution is 0.0428. The monoisotopic (exact) mass is 652 g/mol. The second kappa shape index (κ2) is 12.0. The molecular formula is C37H45FN8O2. The molecule has 48 heavy (non-hydrogen) atoms. The van der Waals surface area contributed by atoms with Crippen LogP contribution in [0.15, 0.2) is 42.7 Å². The van der Waals surface area contributed by atoms with Crippen molar-refractivity contribution in [1.82, 2.24) is 30.0 Å². The van der Waals surface area contributed by atoms with Crippen molar-refractivity contribution in [3.63, 3.8) is 0 Å². The number of rotatable bonds is 4. The average molecular weight is 653 g/mol. The molecule has 4 aliphatic rings. The minimum absolute atomic E-state index is 0.210. The number of benzene rings is 1. The molecule has 4 aromatic rings. The van der Waals surface area contributed by atoms with Gasteiger partial charge in [0.05, 0.1) is 29.7 Å². The maximum atomic E-state index is 15.1. The normalized spacial score (nSPS) is 21.0. The summed E-state index contributed by atoms with van der Waals surface area (Å²) in [6.45, 7) is 7.87. The quantitative estimate of drug-likeness (QED) is 0.244. The Balaban J connectivity index is 1.10. The zero-order valence-corrected chi connectivity index (χ0v) is 28.2. The van der Waals surface area contributed by atoms with Gasteiger partial charge in [0.1, 0.15) is 17.2 Å². The molecule has 0 bridgehead atoms. The third-order valence-corrected chi connectivity index (χ3v) is 10.9. The number of anilines is 3. The first-order valence-corrected chi connectivity index (χ1v) is 17.7. The van der Waals surface area contributed by atoms with E-state index in [0.29, 0.717) is 18.0 Å². The number of hydrogen-bond acceptors (Lipinski definition) is 8. The molecule has 2 aliphatic heterocycles. The lowest BCUT2D eigenvalue weighted by Gasteiger charge is -2.43. The largest absolute Gasteiger partial charge is 0.444 e. The zero-order valence-electron chi connectivity index (χ0n) is 28.2. The van der Waals surface area contributed by atoms with Crippen LogP contribution in [0.5, 0.6) is 0 Å². The van der Waals surface area contributed by atoms with Crippen LogP contribution in [-0.4, -0.2) is 56.1 Å². The highest BCUT2D eigenvalue weighted by molar-refractivity contribution is 5.88. The van der Waals surface area contributed by atoms with Crippen molar-refractivity contribution >= 4 is 34.6 Å².